The van der Waals surface area contributed by atoms with Crippen molar-refractivity contribution in [1.82, 2.24) is 28.5 Å². The zero-order valence-electron chi connectivity index (χ0n) is 37.0. The van der Waals surface area contributed by atoms with Crippen LogP contribution < -0.4 is 0 Å². The van der Waals surface area contributed by atoms with Gasteiger partial charge in [-0.05, 0) is 62.1 Å². The predicted octanol–water partition coefficient (Wildman–Crippen LogP) is 12.1. The van der Waals surface area contributed by atoms with Crippen LogP contribution in [0.5, 0.6) is 0 Å². The van der Waals surface area contributed by atoms with E-state index in [2.05, 4.69) is 19.9 Å². The summed E-state index contributed by atoms with van der Waals surface area (Å²) >= 11 is 0. The molecule has 0 amide bonds. The Morgan fingerprint density at radius 3 is 1.09 bits per heavy atom. The zero-order chi connectivity index (χ0) is 53.2. The number of fused-ring (bicyclic) bond motifs is 9. The molecule has 3 aromatic carbocycles. The molecule has 3 aliphatic rings. The molecule has 74 heavy (non-hydrogen) atoms. The molecule has 4 aromatic heterocycles. The standard InChI is InChI=1S/C47H29F15N6O4S2/c48-31-27(32(49)38(55)43(60)37(31)54)25-18-8-7-17(63-18)21-15-23(73(69,70)67-11-3-1-4-12-67)46(65-21)30(29-35(52)41(58)45(62)42(59)36(29)53)47-24(74(71,72)68-13-5-2-6-14-68)16-22(66-47)26(20-10-9-19(25)64-20)28-33(50)39(56)44(61)40(57)34(28)51/h7-10,15-16,64-66H,1-6,11-14H2. The van der Waals surface area contributed by atoms with Crippen LogP contribution in [0.2, 0.25) is 0 Å². The van der Waals surface area contributed by atoms with E-state index in [0.29, 0.717) is 31.0 Å². The van der Waals surface area contributed by atoms with Crippen LogP contribution in [0.3, 0.4) is 0 Å². The first-order valence-electron chi connectivity index (χ1n) is 22.0. The van der Waals surface area contributed by atoms with Crippen molar-refractivity contribution in [2.45, 2.75) is 48.3 Å². The maximum absolute atomic E-state index is 16.7. The van der Waals surface area contributed by atoms with Crippen LogP contribution in [0, 0.1) is 87.3 Å². The van der Waals surface area contributed by atoms with Gasteiger partial charge in [0.25, 0.3) is 0 Å². The number of benzene rings is 3. The Hall–Kier alpha value is -6.84. The second-order valence-electron chi connectivity index (χ2n) is 17.2. The number of nitrogens with one attached hydrogen (secondary N) is 3. The summed E-state index contributed by atoms with van der Waals surface area (Å²) in [6.07, 6.45) is 3.48. The molecule has 3 N–H and O–H groups in total. The van der Waals surface area contributed by atoms with Crippen LogP contribution >= 0.6 is 0 Å². The van der Waals surface area contributed by atoms with Crippen LogP contribution in [0.15, 0.2) is 34.1 Å². The van der Waals surface area contributed by atoms with Crippen molar-refractivity contribution in [2.24, 2.45) is 0 Å². The molecular weight excluding hydrogens is 1060 g/mol. The van der Waals surface area contributed by atoms with Crippen molar-refractivity contribution in [1.29, 1.82) is 0 Å². The molecule has 0 saturated carbocycles. The second-order valence-corrected chi connectivity index (χ2v) is 21.0. The summed E-state index contributed by atoms with van der Waals surface area (Å²) in [6, 6.07) is 2.56. The molecule has 0 spiro atoms. The van der Waals surface area contributed by atoms with E-state index in [4.69, 9.17) is 0 Å². The highest BCUT2D eigenvalue weighted by Crippen LogP contribution is 2.46. The van der Waals surface area contributed by atoms with Gasteiger partial charge in [-0.15, -0.1) is 0 Å². The van der Waals surface area contributed by atoms with Gasteiger partial charge in [0.2, 0.25) is 37.5 Å². The fourth-order valence-electron chi connectivity index (χ4n) is 9.41. The Balaban J connectivity index is 1.55. The van der Waals surface area contributed by atoms with Gasteiger partial charge in [-0.1, -0.05) is 12.8 Å². The minimum absolute atomic E-state index is 0.155. The molecule has 0 aliphatic carbocycles. The highest BCUT2D eigenvalue weighted by molar-refractivity contribution is 7.89. The van der Waals surface area contributed by atoms with Gasteiger partial charge >= 0.3 is 0 Å². The number of halogens is 15. The summed E-state index contributed by atoms with van der Waals surface area (Å²) in [5.74, 6) is -39.5. The van der Waals surface area contributed by atoms with E-state index in [0.717, 1.165) is 26.8 Å². The molecule has 0 atom stereocenters. The number of H-pyrrole nitrogens is 3. The number of piperidine rings is 2. The summed E-state index contributed by atoms with van der Waals surface area (Å²) < 4.78 is 296. The zero-order valence-corrected chi connectivity index (χ0v) is 38.6. The Labute approximate surface area is 406 Å². The molecule has 7 aromatic rings. The average molecular weight is 1090 g/mol. The Morgan fingerprint density at radius 2 is 0.676 bits per heavy atom. The molecule has 7 heterocycles. The monoisotopic (exact) mass is 1090 g/mol. The highest BCUT2D eigenvalue weighted by Gasteiger charge is 2.38. The lowest BCUT2D eigenvalue weighted by atomic mass is 10.0. The SMILES string of the molecule is O=S(=O)(c1cc2[nH]c1c(-c1c(F)c(F)c(F)c(F)c1F)c1[nH]c(cc1S(=O)(=O)N1CCCCC1)c(-c1c(F)c(F)c(F)c(F)c1F)c1ccc([nH]1)c(-c1c(F)c(F)c(F)c(F)c1F)c1nc2C=C1)N1CCCCC1. The average Bonchev–Trinajstić information content (AvgIpc) is 4.26. The lowest BCUT2D eigenvalue weighted by Gasteiger charge is -2.26. The second kappa shape index (κ2) is 18.2. The molecule has 2 fully saturated rings. The molecule has 3 aliphatic heterocycles. The summed E-state index contributed by atoms with van der Waals surface area (Å²) in [7, 11) is -10.4. The largest absolute Gasteiger partial charge is 0.354 e. The number of nitrogens with zero attached hydrogens (tertiary/aromatic N) is 3. The van der Waals surface area contributed by atoms with Gasteiger partial charge in [0, 0.05) is 53.9 Å². The quantitative estimate of drug-likeness (QED) is 0.0830. The van der Waals surface area contributed by atoms with Gasteiger partial charge in [-0.2, -0.15) is 8.61 Å². The number of hydrogen-bond acceptors (Lipinski definition) is 5. The first-order valence-corrected chi connectivity index (χ1v) is 24.8. The molecule has 10 rings (SSSR count). The van der Waals surface area contributed by atoms with E-state index in [1.807, 2.05) is 0 Å². The number of hydrogen-bond donors (Lipinski definition) is 3. The van der Waals surface area contributed by atoms with Gasteiger partial charge in [-0.25, -0.2) is 87.7 Å². The van der Waals surface area contributed by atoms with E-state index in [9.17, 15) is 21.6 Å². The van der Waals surface area contributed by atoms with Gasteiger partial charge in [0.15, 0.2) is 69.8 Å². The van der Waals surface area contributed by atoms with Crippen LogP contribution in [0.4, 0.5) is 65.9 Å². The van der Waals surface area contributed by atoms with E-state index in [1.54, 1.807) is 0 Å². The van der Waals surface area contributed by atoms with Gasteiger partial charge in [0.05, 0.1) is 50.1 Å². The van der Waals surface area contributed by atoms with Crippen LogP contribution in [-0.4, -0.2) is 71.6 Å². The van der Waals surface area contributed by atoms with Gasteiger partial charge in [0.1, 0.15) is 9.79 Å². The smallest absolute Gasteiger partial charge is 0.245 e. The summed E-state index contributed by atoms with van der Waals surface area (Å²) in [6.45, 7) is -1.12. The number of aromatic amines is 3. The fourth-order valence-corrected chi connectivity index (χ4v) is 12.8. The molecular formula is C47H29F15N6O4S2. The van der Waals surface area contributed by atoms with E-state index in [1.165, 1.54) is 0 Å². The van der Waals surface area contributed by atoms with Crippen molar-refractivity contribution < 1.29 is 82.7 Å². The molecule has 388 valence electrons. The molecule has 2 saturated heterocycles. The van der Waals surface area contributed by atoms with Gasteiger partial charge < -0.3 is 15.0 Å². The minimum Gasteiger partial charge on any atom is -0.354 e. The molecule has 0 unspecified atom stereocenters. The van der Waals surface area contributed by atoms with E-state index >= 15 is 61.1 Å². The van der Waals surface area contributed by atoms with Crippen LogP contribution in [-0.2, 0) is 20.0 Å². The normalized spacial score (nSPS) is 15.6. The summed E-state index contributed by atoms with van der Waals surface area (Å²) in [5.41, 5.74) is -17.0. The van der Waals surface area contributed by atoms with E-state index < -0.39 is 195 Å². The maximum Gasteiger partial charge on any atom is 0.245 e. The topological polar surface area (TPSA) is 135 Å². The van der Waals surface area contributed by atoms with E-state index in [-0.39, 0.29) is 51.9 Å². The third kappa shape index (κ3) is 7.66. The van der Waals surface area contributed by atoms with Gasteiger partial charge in [-0.3, -0.25) is 0 Å². The fraction of sp³-hybridized carbons (Fsp3) is 0.213. The summed E-state index contributed by atoms with van der Waals surface area (Å²) in [4.78, 5) is 8.99. The molecule has 27 heteroatoms. The lowest BCUT2D eigenvalue weighted by molar-refractivity contribution is 0.347. The van der Waals surface area contributed by atoms with Crippen molar-refractivity contribution >= 4 is 65.3 Å². The molecule has 10 nitrogen and oxygen atoms in total. The maximum atomic E-state index is 16.7. The third-order valence-electron chi connectivity index (χ3n) is 13.0. The van der Waals surface area contributed by atoms with Crippen molar-refractivity contribution in [3.63, 3.8) is 0 Å². The highest BCUT2D eigenvalue weighted by atomic mass is 32.2. The third-order valence-corrected chi connectivity index (χ3v) is 16.8. The first-order chi connectivity index (χ1) is 35.0. The predicted molar refractivity (Wildman–Crippen MR) is 236 cm³/mol. The minimum atomic E-state index is -5.30. The number of aromatic nitrogens is 4. The summed E-state index contributed by atoms with van der Waals surface area (Å²) in [5, 5.41) is 0. The van der Waals surface area contributed by atoms with Crippen molar-refractivity contribution in [2.75, 3.05) is 26.2 Å². The van der Waals surface area contributed by atoms with Crippen LogP contribution in [0.25, 0.3) is 78.6 Å². The number of sulfonamides is 2. The molecule has 0 radical (unpaired) electrons. The van der Waals surface area contributed by atoms with Crippen molar-refractivity contribution in [3.8, 4) is 33.4 Å². The molecule has 8 bridgehead atoms. The Bertz CT molecular complexity index is 3910. The van der Waals surface area contributed by atoms with Crippen molar-refractivity contribution in [3.05, 3.63) is 123 Å². The lowest BCUT2D eigenvalue weighted by Crippen LogP contribution is -2.35. The first kappa shape index (κ1) is 50.7. The Kier molecular flexibility index (Phi) is 12.5. The van der Waals surface area contributed by atoms with Crippen LogP contribution in [0.1, 0.15) is 49.9 Å². The Morgan fingerprint density at radius 1 is 0.351 bits per heavy atom. The number of rotatable bonds is 7.